The largest absolute Gasteiger partial charge is 0.481 e. The van der Waals surface area contributed by atoms with Crippen molar-refractivity contribution < 1.29 is 19.1 Å². The monoisotopic (exact) mass is 356 g/mol. The third kappa shape index (κ3) is 3.39. The number of rotatable bonds is 4. The number of fused-ring (bicyclic) bond motifs is 1. The summed E-state index contributed by atoms with van der Waals surface area (Å²) in [7, 11) is 0. The number of aliphatic carboxylic acids is 1. The standard InChI is InChI=1S/C17H21FN2O3.ClH/c1-11-4-5-13(7-14(11)18)19-15(21)9-20-8-12-3-2-6-17(12,10-20)16(22)23;/h4-5,7,12H,2-3,6,8-10H2,1H3,(H,19,21)(H,22,23);1H/t12-,17+;/m0./s1. The van der Waals surface area contributed by atoms with Crippen LogP contribution in [0.3, 0.4) is 0 Å². The molecule has 0 unspecified atom stereocenters. The molecular weight excluding hydrogens is 335 g/mol. The molecule has 1 heterocycles. The first-order valence-electron chi connectivity index (χ1n) is 7.92. The third-order valence-corrected chi connectivity index (χ3v) is 5.19. The first kappa shape index (κ1) is 18.7. The van der Waals surface area contributed by atoms with Crippen LogP contribution in [0.1, 0.15) is 24.8 Å². The average Bonchev–Trinajstić information content (AvgIpc) is 3.00. The Kier molecular flexibility index (Phi) is 5.50. The Morgan fingerprint density at radius 2 is 2.21 bits per heavy atom. The third-order valence-electron chi connectivity index (χ3n) is 5.19. The summed E-state index contributed by atoms with van der Waals surface area (Å²) >= 11 is 0. The smallest absolute Gasteiger partial charge is 0.311 e. The van der Waals surface area contributed by atoms with Crippen molar-refractivity contribution in [3.8, 4) is 0 Å². The number of carboxylic acid groups (broad SMARTS) is 1. The number of likely N-dealkylation sites (tertiary alicyclic amines) is 1. The van der Waals surface area contributed by atoms with Gasteiger partial charge in [-0.1, -0.05) is 12.5 Å². The highest BCUT2D eigenvalue weighted by Gasteiger charge is 2.54. The molecule has 2 aliphatic rings. The number of benzene rings is 1. The topological polar surface area (TPSA) is 69.6 Å². The van der Waals surface area contributed by atoms with E-state index < -0.39 is 11.4 Å². The van der Waals surface area contributed by atoms with Gasteiger partial charge in [-0.3, -0.25) is 14.5 Å². The van der Waals surface area contributed by atoms with E-state index in [1.807, 2.05) is 4.90 Å². The number of nitrogens with zero attached hydrogens (tertiary/aromatic N) is 1. The van der Waals surface area contributed by atoms with E-state index in [4.69, 9.17) is 0 Å². The summed E-state index contributed by atoms with van der Waals surface area (Å²) in [5.41, 5.74) is 0.264. The molecule has 1 aliphatic carbocycles. The molecule has 2 N–H and O–H groups in total. The Morgan fingerprint density at radius 3 is 2.83 bits per heavy atom. The van der Waals surface area contributed by atoms with Crippen LogP contribution in [0, 0.1) is 24.1 Å². The molecule has 0 aromatic heterocycles. The molecule has 2 fully saturated rings. The first-order chi connectivity index (χ1) is 10.9. The number of hydrogen-bond donors (Lipinski definition) is 2. The van der Waals surface area contributed by atoms with E-state index in [2.05, 4.69) is 5.32 Å². The molecule has 0 radical (unpaired) electrons. The molecule has 1 aliphatic heterocycles. The van der Waals surface area contributed by atoms with Crippen LogP contribution in [0.2, 0.25) is 0 Å². The summed E-state index contributed by atoms with van der Waals surface area (Å²) in [6, 6.07) is 4.57. The molecular formula is C17H22ClFN2O3. The van der Waals surface area contributed by atoms with Crippen molar-refractivity contribution in [1.82, 2.24) is 4.90 Å². The fourth-order valence-electron chi connectivity index (χ4n) is 3.94. The fourth-order valence-corrected chi connectivity index (χ4v) is 3.94. The summed E-state index contributed by atoms with van der Waals surface area (Å²) in [4.78, 5) is 25.7. The molecule has 24 heavy (non-hydrogen) atoms. The second-order valence-corrected chi connectivity index (χ2v) is 6.73. The zero-order valence-corrected chi connectivity index (χ0v) is 14.4. The number of carboxylic acids is 1. The maximum absolute atomic E-state index is 13.5. The van der Waals surface area contributed by atoms with Crippen molar-refractivity contribution in [1.29, 1.82) is 0 Å². The molecule has 0 bridgehead atoms. The Bertz CT molecular complexity index is 655. The first-order valence-corrected chi connectivity index (χ1v) is 7.92. The maximum atomic E-state index is 13.5. The summed E-state index contributed by atoms with van der Waals surface area (Å²) in [5.74, 6) is -1.22. The molecule has 1 amide bonds. The predicted octanol–water partition coefficient (Wildman–Crippen LogP) is 2.68. The Balaban J connectivity index is 0.00000208. The van der Waals surface area contributed by atoms with Crippen LogP contribution in [-0.4, -0.2) is 41.5 Å². The number of amides is 1. The molecule has 3 rings (SSSR count). The Labute approximate surface area is 146 Å². The zero-order chi connectivity index (χ0) is 16.6. The van der Waals surface area contributed by atoms with Crippen LogP contribution in [-0.2, 0) is 9.59 Å². The van der Waals surface area contributed by atoms with Gasteiger partial charge in [0.25, 0.3) is 0 Å². The van der Waals surface area contributed by atoms with Gasteiger partial charge in [-0.15, -0.1) is 12.4 Å². The van der Waals surface area contributed by atoms with Crippen molar-refractivity contribution in [2.75, 3.05) is 25.0 Å². The lowest BCUT2D eigenvalue weighted by Gasteiger charge is -2.23. The lowest BCUT2D eigenvalue weighted by Crippen LogP contribution is -2.37. The predicted molar refractivity (Wildman–Crippen MR) is 90.9 cm³/mol. The maximum Gasteiger partial charge on any atom is 0.311 e. The minimum atomic E-state index is -0.747. The molecule has 1 aromatic rings. The van der Waals surface area contributed by atoms with Gasteiger partial charge < -0.3 is 10.4 Å². The van der Waals surface area contributed by atoms with E-state index in [1.165, 1.54) is 6.07 Å². The number of carbonyl (C=O) groups excluding carboxylic acids is 1. The van der Waals surface area contributed by atoms with Gasteiger partial charge in [-0.2, -0.15) is 0 Å². The molecule has 5 nitrogen and oxygen atoms in total. The normalized spacial score (nSPS) is 25.8. The van der Waals surface area contributed by atoms with Crippen molar-refractivity contribution in [3.05, 3.63) is 29.6 Å². The number of nitrogens with one attached hydrogen (secondary N) is 1. The van der Waals surface area contributed by atoms with Crippen LogP contribution in [0.4, 0.5) is 10.1 Å². The summed E-state index contributed by atoms with van der Waals surface area (Å²) in [6.07, 6.45) is 2.54. The van der Waals surface area contributed by atoms with Crippen LogP contribution in [0.25, 0.3) is 0 Å². The van der Waals surface area contributed by atoms with Gasteiger partial charge >= 0.3 is 5.97 Å². The van der Waals surface area contributed by atoms with E-state index in [-0.39, 0.29) is 36.6 Å². The minimum absolute atomic E-state index is 0. The van der Waals surface area contributed by atoms with Crippen LogP contribution in [0.5, 0.6) is 0 Å². The molecule has 7 heteroatoms. The second-order valence-electron chi connectivity index (χ2n) is 6.73. The second kappa shape index (κ2) is 7.07. The van der Waals surface area contributed by atoms with Crippen LogP contribution in [0.15, 0.2) is 18.2 Å². The number of hydrogen-bond acceptors (Lipinski definition) is 3. The number of halogens is 2. The van der Waals surface area contributed by atoms with Crippen molar-refractivity contribution >= 4 is 30.0 Å². The Morgan fingerprint density at radius 1 is 1.46 bits per heavy atom. The molecule has 0 spiro atoms. The number of aryl methyl sites for hydroxylation is 1. The SMILES string of the molecule is Cc1ccc(NC(=O)CN2C[C@@H]3CCC[C@@]3(C(=O)O)C2)cc1F.Cl. The van der Waals surface area contributed by atoms with Gasteiger partial charge in [0.15, 0.2) is 0 Å². The van der Waals surface area contributed by atoms with Gasteiger partial charge in [0.05, 0.1) is 12.0 Å². The number of anilines is 1. The highest BCUT2D eigenvalue weighted by Crippen LogP contribution is 2.48. The number of carbonyl (C=O) groups is 2. The quantitative estimate of drug-likeness (QED) is 0.870. The lowest BCUT2D eigenvalue weighted by molar-refractivity contribution is -0.149. The summed E-state index contributed by atoms with van der Waals surface area (Å²) in [6.45, 7) is 2.86. The molecule has 1 saturated carbocycles. The molecule has 2 atom stereocenters. The summed E-state index contributed by atoms with van der Waals surface area (Å²) in [5, 5.41) is 12.2. The summed E-state index contributed by atoms with van der Waals surface area (Å²) < 4.78 is 13.5. The van der Waals surface area contributed by atoms with Crippen LogP contribution < -0.4 is 5.32 Å². The zero-order valence-electron chi connectivity index (χ0n) is 13.5. The van der Waals surface area contributed by atoms with Gasteiger partial charge in [-0.05, 0) is 43.4 Å². The highest BCUT2D eigenvalue weighted by atomic mass is 35.5. The molecule has 132 valence electrons. The fraction of sp³-hybridized carbons (Fsp3) is 0.529. The van der Waals surface area contributed by atoms with Crippen molar-refractivity contribution in [3.63, 3.8) is 0 Å². The van der Waals surface area contributed by atoms with Crippen molar-refractivity contribution in [2.45, 2.75) is 26.2 Å². The molecule has 1 saturated heterocycles. The van der Waals surface area contributed by atoms with E-state index in [1.54, 1.807) is 19.1 Å². The van der Waals surface area contributed by atoms with E-state index >= 15 is 0 Å². The van der Waals surface area contributed by atoms with Crippen molar-refractivity contribution in [2.24, 2.45) is 11.3 Å². The van der Waals surface area contributed by atoms with Gasteiger partial charge in [0, 0.05) is 18.8 Å². The Hall–Kier alpha value is -1.66. The van der Waals surface area contributed by atoms with E-state index in [0.29, 0.717) is 30.8 Å². The minimum Gasteiger partial charge on any atom is -0.481 e. The van der Waals surface area contributed by atoms with E-state index in [0.717, 1.165) is 12.8 Å². The van der Waals surface area contributed by atoms with Gasteiger partial charge in [0.2, 0.25) is 5.91 Å². The lowest BCUT2D eigenvalue weighted by atomic mass is 9.81. The van der Waals surface area contributed by atoms with Gasteiger partial charge in [0.1, 0.15) is 5.82 Å². The van der Waals surface area contributed by atoms with Crippen LogP contribution >= 0.6 is 12.4 Å². The van der Waals surface area contributed by atoms with E-state index in [9.17, 15) is 19.1 Å². The van der Waals surface area contributed by atoms with Gasteiger partial charge in [-0.25, -0.2) is 4.39 Å². The average molecular weight is 357 g/mol. The highest BCUT2D eigenvalue weighted by molar-refractivity contribution is 5.92. The molecule has 1 aromatic carbocycles.